The number of rotatable bonds is 7. The summed E-state index contributed by atoms with van der Waals surface area (Å²) >= 11 is 0. The van der Waals surface area contributed by atoms with E-state index in [-0.39, 0.29) is 56.6 Å². The van der Waals surface area contributed by atoms with E-state index in [1.165, 1.54) is 0 Å². The summed E-state index contributed by atoms with van der Waals surface area (Å²) in [6.45, 7) is 13.8. The molecule has 3 aromatic rings. The van der Waals surface area contributed by atoms with Gasteiger partial charge in [-0.2, -0.15) is 6.07 Å². The van der Waals surface area contributed by atoms with Crippen LogP contribution in [0.2, 0.25) is 0 Å². The summed E-state index contributed by atoms with van der Waals surface area (Å²) in [5.74, 6) is 1.12. The van der Waals surface area contributed by atoms with Crippen LogP contribution in [0.5, 0.6) is 11.5 Å². The molecule has 0 saturated carbocycles. The molecule has 4 aliphatic heterocycles. The molecule has 2 atom stereocenters. The van der Waals surface area contributed by atoms with E-state index in [0.29, 0.717) is 60.3 Å². The molecule has 7 rings (SSSR count). The third-order valence-electron chi connectivity index (χ3n) is 8.76. The van der Waals surface area contributed by atoms with Crippen molar-refractivity contribution in [3.63, 3.8) is 0 Å². The van der Waals surface area contributed by atoms with Gasteiger partial charge in [-0.25, -0.2) is 0 Å². The van der Waals surface area contributed by atoms with E-state index < -0.39 is 0 Å². The molecule has 0 aromatic heterocycles. The van der Waals surface area contributed by atoms with E-state index in [1.807, 2.05) is 60.4 Å². The molecule has 9 heteroatoms. The summed E-state index contributed by atoms with van der Waals surface area (Å²) in [5, 5.41) is 0. The van der Waals surface area contributed by atoms with Gasteiger partial charge in [0.2, 0.25) is 5.91 Å². The summed E-state index contributed by atoms with van der Waals surface area (Å²) in [6.07, 6.45) is 9.19. The maximum absolute atomic E-state index is 13.3. The molecule has 0 aliphatic carbocycles. The van der Waals surface area contributed by atoms with Gasteiger partial charge in [0, 0.05) is 70.0 Å². The van der Waals surface area contributed by atoms with Crippen molar-refractivity contribution >= 4 is 41.7 Å². The molecular formula is C38H35N4O4Y-. The van der Waals surface area contributed by atoms with Gasteiger partial charge >= 0.3 is 0 Å². The molecule has 4 aliphatic rings. The van der Waals surface area contributed by atoms with Gasteiger partial charge in [-0.05, 0) is 84.5 Å². The minimum absolute atomic E-state index is 0. The largest absolute Gasteiger partial charge is 0.515 e. The van der Waals surface area contributed by atoms with Gasteiger partial charge in [0.1, 0.15) is 19.0 Å². The Kier molecular flexibility index (Phi) is 9.44. The van der Waals surface area contributed by atoms with Crippen molar-refractivity contribution in [3.8, 4) is 11.5 Å². The van der Waals surface area contributed by atoms with Crippen molar-refractivity contribution in [2.24, 2.45) is 9.98 Å². The number of fused-ring (bicyclic) bond motifs is 4. The first-order chi connectivity index (χ1) is 22.2. The second kappa shape index (κ2) is 13.5. The molecule has 4 heterocycles. The van der Waals surface area contributed by atoms with Crippen molar-refractivity contribution in [1.82, 2.24) is 9.80 Å². The number of aliphatic imine (C=N–C) groups is 2. The standard InChI is InChI=1S/C38H35N4O4.Y/c1-5-6-26-12-27(21-45-31-7-8-32-34(15-31)39-17-29-9-23(2)19-41(29)37(32)43)14-28(13-26)22-46-36-16-35-33(11-25(36)4)38(44)42-20-24(3)10-30(42)18-40-35;/h5-6,8,11-18,29-30H,2-3,9-10,19-22H2,1,4H3;/q-1;/t29-,30-;/m0./s1. The molecule has 2 amide bonds. The first-order valence-corrected chi connectivity index (χ1v) is 15.5. The van der Waals surface area contributed by atoms with Crippen LogP contribution in [0.3, 0.4) is 0 Å². The summed E-state index contributed by atoms with van der Waals surface area (Å²) in [4.78, 5) is 39.3. The summed E-state index contributed by atoms with van der Waals surface area (Å²) in [7, 11) is 0. The third-order valence-corrected chi connectivity index (χ3v) is 8.76. The number of hydrogen-bond donors (Lipinski definition) is 0. The maximum atomic E-state index is 13.3. The molecule has 235 valence electrons. The molecule has 47 heavy (non-hydrogen) atoms. The van der Waals surface area contributed by atoms with Crippen LogP contribution in [0, 0.1) is 13.0 Å². The van der Waals surface area contributed by atoms with Gasteiger partial charge in [-0.3, -0.25) is 19.6 Å². The Hall–Kier alpha value is -4.14. The average molecular weight is 701 g/mol. The van der Waals surface area contributed by atoms with Crippen molar-refractivity contribution in [1.29, 1.82) is 0 Å². The van der Waals surface area contributed by atoms with Gasteiger partial charge in [0.15, 0.2) is 0 Å². The number of benzene rings is 3. The van der Waals surface area contributed by atoms with E-state index in [4.69, 9.17) is 9.47 Å². The smallest absolute Gasteiger partial charge is 0.256 e. The molecule has 0 spiro atoms. The van der Waals surface area contributed by atoms with Crippen LogP contribution in [0.25, 0.3) is 6.08 Å². The number of aryl methyl sites for hydroxylation is 1. The van der Waals surface area contributed by atoms with Crippen LogP contribution in [0.4, 0.5) is 11.4 Å². The van der Waals surface area contributed by atoms with Crippen molar-refractivity contribution in [2.75, 3.05) is 13.1 Å². The second-order valence-corrected chi connectivity index (χ2v) is 12.4. The van der Waals surface area contributed by atoms with Gasteiger partial charge in [-0.15, -0.1) is 12.1 Å². The van der Waals surface area contributed by atoms with Gasteiger partial charge < -0.3 is 19.3 Å². The van der Waals surface area contributed by atoms with Crippen molar-refractivity contribution in [3.05, 3.63) is 112 Å². The molecule has 0 N–H and O–H groups in total. The fraction of sp³-hybridized carbons (Fsp3) is 0.263. The Morgan fingerprint density at radius 3 is 2.09 bits per heavy atom. The van der Waals surface area contributed by atoms with Gasteiger partial charge in [0.05, 0.1) is 23.3 Å². The number of carbonyl (C=O) groups excluding carboxylic acids is 2. The van der Waals surface area contributed by atoms with Crippen LogP contribution >= 0.6 is 0 Å². The Morgan fingerprint density at radius 2 is 1.45 bits per heavy atom. The predicted molar refractivity (Wildman–Crippen MR) is 180 cm³/mol. The average Bonchev–Trinajstić information content (AvgIpc) is 3.55. The number of allylic oxidation sites excluding steroid dienone is 1. The van der Waals surface area contributed by atoms with E-state index in [2.05, 4.69) is 47.4 Å². The monoisotopic (exact) mass is 700 g/mol. The predicted octanol–water partition coefficient (Wildman–Crippen LogP) is 6.96. The molecule has 0 bridgehead atoms. The molecule has 8 nitrogen and oxygen atoms in total. The number of nitrogens with zero attached hydrogens (tertiary/aromatic N) is 4. The molecule has 1 radical (unpaired) electrons. The molecule has 2 fully saturated rings. The van der Waals surface area contributed by atoms with Crippen molar-refractivity contribution < 1.29 is 51.8 Å². The first-order valence-electron chi connectivity index (χ1n) is 15.5. The van der Waals surface area contributed by atoms with E-state index in [0.717, 1.165) is 46.2 Å². The molecule has 2 saturated heterocycles. The van der Waals surface area contributed by atoms with Crippen LogP contribution < -0.4 is 9.47 Å². The summed E-state index contributed by atoms with van der Waals surface area (Å²) in [6, 6.07) is 16.4. The summed E-state index contributed by atoms with van der Waals surface area (Å²) in [5.41, 5.74) is 8.24. The van der Waals surface area contributed by atoms with Crippen LogP contribution in [-0.2, 0) is 45.9 Å². The zero-order valence-electron chi connectivity index (χ0n) is 26.7. The quantitative estimate of drug-likeness (QED) is 0.197. The third kappa shape index (κ3) is 6.67. The minimum Gasteiger partial charge on any atom is -0.515 e. The SMILES string of the molecule is C=C1C[C@H]2C=Nc3cc(OCc4cc(C=CC)cc(COc5cc6c(cc5C)C(=O)N5CC(=C)C[C@H]5C=N6)c4)[c-]cc3C(=O)N2C1.[Y]. The Morgan fingerprint density at radius 1 is 0.851 bits per heavy atom. The topological polar surface area (TPSA) is 83.8 Å². The van der Waals surface area contributed by atoms with Crippen LogP contribution in [0.1, 0.15) is 62.7 Å². The second-order valence-electron chi connectivity index (χ2n) is 12.4. The number of hydrogen-bond acceptors (Lipinski definition) is 6. The Bertz CT molecular complexity index is 1890. The first kappa shape index (κ1) is 32.8. The van der Waals surface area contributed by atoms with Crippen molar-refractivity contribution in [2.45, 2.75) is 52.0 Å². The number of carbonyl (C=O) groups is 2. The van der Waals surface area contributed by atoms with Gasteiger partial charge in [0.25, 0.3) is 5.91 Å². The van der Waals surface area contributed by atoms with E-state index >= 15 is 0 Å². The fourth-order valence-corrected chi connectivity index (χ4v) is 6.51. The molecular weight excluding hydrogens is 665 g/mol. The summed E-state index contributed by atoms with van der Waals surface area (Å²) < 4.78 is 12.5. The zero-order chi connectivity index (χ0) is 31.9. The zero-order valence-corrected chi connectivity index (χ0v) is 29.5. The fourth-order valence-electron chi connectivity index (χ4n) is 6.51. The molecule has 0 unspecified atom stereocenters. The molecule has 3 aromatic carbocycles. The number of amides is 2. The maximum Gasteiger partial charge on any atom is 0.256 e. The van der Waals surface area contributed by atoms with E-state index in [1.54, 1.807) is 12.1 Å². The minimum atomic E-state index is -0.0600. The van der Waals surface area contributed by atoms with Crippen LogP contribution in [0.15, 0.2) is 82.8 Å². The Labute approximate surface area is 300 Å². The number of ether oxygens (including phenoxy) is 2. The van der Waals surface area contributed by atoms with Gasteiger partial charge in [-0.1, -0.05) is 36.5 Å². The Balaban J connectivity index is 0.00000386. The van der Waals surface area contributed by atoms with Crippen LogP contribution in [-0.4, -0.2) is 59.2 Å². The normalized spacial score (nSPS) is 19.6. The van der Waals surface area contributed by atoms with E-state index in [9.17, 15) is 9.59 Å².